The van der Waals surface area contributed by atoms with Gasteiger partial charge in [0, 0.05) is 11.2 Å². The average molecular weight is 256 g/mol. The molecular formula is C11H10ClNO2S. The zero-order chi connectivity index (χ0) is 11.4. The minimum Gasteiger partial charge on any atom is -0.486 e. The summed E-state index contributed by atoms with van der Waals surface area (Å²) in [7, 11) is 0. The molecule has 0 fully saturated rings. The van der Waals surface area contributed by atoms with E-state index in [1.165, 1.54) is 11.3 Å². The average Bonchev–Trinajstić information content (AvgIpc) is 2.74. The van der Waals surface area contributed by atoms with Gasteiger partial charge in [0.15, 0.2) is 0 Å². The van der Waals surface area contributed by atoms with Crippen molar-refractivity contribution in [3.8, 4) is 5.75 Å². The summed E-state index contributed by atoms with van der Waals surface area (Å²) in [6.07, 6.45) is 1.65. The van der Waals surface area contributed by atoms with Gasteiger partial charge in [0.05, 0.1) is 11.5 Å². The number of benzene rings is 1. The molecule has 0 radical (unpaired) electrons. The van der Waals surface area contributed by atoms with E-state index in [4.69, 9.17) is 21.4 Å². The van der Waals surface area contributed by atoms with Crippen molar-refractivity contribution in [3.63, 3.8) is 0 Å². The molecule has 0 saturated carbocycles. The van der Waals surface area contributed by atoms with Crippen LogP contribution in [-0.4, -0.2) is 10.1 Å². The number of rotatable bonds is 4. The van der Waals surface area contributed by atoms with Gasteiger partial charge in [-0.3, -0.25) is 0 Å². The quantitative estimate of drug-likeness (QED) is 0.914. The molecule has 3 nitrogen and oxygen atoms in total. The molecule has 0 saturated heterocycles. The van der Waals surface area contributed by atoms with Crippen molar-refractivity contribution in [3.05, 3.63) is 45.4 Å². The number of ether oxygens (including phenoxy) is 1. The topological polar surface area (TPSA) is 42.4 Å². The molecule has 0 amide bonds. The van der Waals surface area contributed by atoms with Gasteiger partial charge in [0.1, 0.15) is 17.4 Å². The molecule has 0 aliphatic carbocycles. The van der Waals surface area contributed by atoms with Crippen LogP contribution < -0.4 is 4.74 Å². The second-order valence-corrected chi connectivity index (χ2v) is 4.76. The molecule has 1 heterocycles. The van der Waals surface area contributed by atoms with Crippen LogP contribution in [0.25, 0.3) is 0 Å². The van der Waals surface area contributed by atoms with Gasteiger partial charge in [0.25, 0.3) is 0 Å². The van der Waals surface area contributed by atoms with Crippen molar-refractivity contribution >= 4 is 22.9 Å². The molecule has 0 spiro atoms. The summed E-state index contributed by atoms with van der Waals surface area (Å²) in [6.45, 7) is 0.417. The van der Waals surface area contributed by atoms with Crippen LogP contribution in [0.3, 0.4) is 0 Å². The molecule has 0 bridgehead atoms. The molecule has 0 aliphatic heterocycles. The molecule has 16 heavy (non-hydrogen) atoms. The SMILES string of the molecule is OCc1cnc(COc2cccc(Cl)c2)s1. The zero-order valence-corrected chi connectivity index (χ0v) is 9.96. The first-order chi connectivity index (χ1) is 7.78. The fraction of sp³-hybridized carbons (Fsp3) is 0.182. The highest BCUT2D eigenvalue weighted by Crippen LogP contribution is 2.19. The first-order valence-electron chi connectivity index (χ1n) is 4.71. The number of thiazole rings is 1. The van der Waals surface area contributed by atoms with Gasteiger partial charge in [0.2, 0.25) is 0 Å². The lowest BCUT2D eigenvalue weighted by Gasteiger charge is -2.03. The van der Waals surface area contributed by atoms with Gasteiger partial charge >= 0.3 is 0 Å². The lowest BCUT2D eigenvalue weighted by atomic mass is 10.3. The van der Waals surface area contributed by atoms with Gasteiger partial charge in [-0.25, -0.2) is 4.98 Å². The zero-order valence-electron chi connectivity index (χ0n) is 8.39. The van der Waals surface area contributed by atoms with Crippen LogP contribution in [0.5, 0.6) is 5.75 Å². The smallest absolute Gasteiger partial charge is 0.140 e. The highest BCUT2D eigenvalue weighted by atomic mass is 35.5. The van der Waals surface area contributed by atoms with E-state index < -0.39 is 0 Å². The second kappa shape index (κ2) is 5.30. The molecule has 1 aromatic heterocycles. The van der Waals surface area contributed by atoms with Crippen molar-refractivity contribution in [2.45, 2.75) is 13.2 Å². The molecule has 5 heteroatoms. The summed E-state index contributed by atoms with van der Waals surface area (Å²) in [5.74, 6) is 0.716. The molecule has 2 aromatic rings. The van der Waals surface area contributed by atoms with Crippen molar-refractivity contribution in [2.75, 3.05) is 0 Å². The van der Waals surface area contributed by atoms with Gasteiger partial charge < -0.3 is 9.84 Å². The Labute approximate surface area is 102 Å². The maximum atomic E-state index is 8.88. The van der Waals surface area contributed by atoms with Crippen LogP contribution in [0, 0.1) is 0 Å². The van der Waals surface area contributed by atoms with Crippen LogP contribution in [-0.2, 0) is 13.2 Å². The minimum absolute atomic E-state index is 0.0227. The Morgan fingerprint density at radius 3 is 3.00 bits per heavy atom. The van der Waals surface area contributed by atoms with Crippen molar-refractivity contribution in [1.29, 1.82) is 0 Å². The molecule has 1 N–H and O–H groups in total. The van der Waals surface area contributed by atoms with E-state index in [-0.39, 0.29) is 6.61 Å². The highest BCUT2D eigenvalue weighted by Gasteiger charge is 2.02. The number of hydrogen-bond acceptors (Lipinski definition) is 4. The molecule has 0 unspecified atom stereocenters. The van der Waals surface area contributed by atoms with Crippen molar-refractivity contribution in [2.24, 2.45) is 0 Å². The predicted octanol–water partition coefficient (Wildman–Crippen LogP) is 2.87. The maximum absolute atomic E-state index is 8.88. The number of hydrogen-bond donors (Lipinski definition) is 1. The summed E-state index contributed by atoms with van der Waals surface area (Å²) >= 11 is 7.26. The van der Waals surface area contributed by atoms with E-state index in [2.05, 4.69) is 4.98 Å². The third-order valence-corrected chi connectivity index (χ3v) is 3.11. The summed E-state index contributed by atoms with van der Waals surface area (Å²) in [4.78, 5) is 4.96. The van der Waals surface area contributed by atoms with E-state index in [1.54, 1.807) is 18.3 Å². The Morgan fingerprint density at radius 1 is 1.44 bits per heavy atom. The first kappa shape index (κ1) is 11.4. The fourth-order valence-corrected chi connectivity index (χ4v) is 2.07. The lowest BCUT2D eigenvalue weighted by Crippen LogP contribution is -1.93. The summed E-state index contributed by atoms with van der Waals surface area (Å²) < 4.78 is 5.51. The maximum Gasteiger partial charge on any atom is 0.140 e. The molecule has 0 atom stereocenters. The third-order valence-electron chi connectivity index (χ3n) is 1.92. The van der Waals surface area contributed by atoms with Gasteiger partial charge in [-0.2, -0.15) is 0 Å². The van der Waals surface area contributed by atoms with Gasteiger partial charge in [-0.05, 0) is 18.2 Å². The monoisotopic (exact) mass is 255 g/mol. The van der Waals surface area contributed by atoms with Crippen molar-refractivity contribution < 1.29 is 9.84 Å². The highest BCUT2D eigenvalue weighted by molar-refractivity contribution is 7.11. The number of aliphatic hydroxyl groups is 1. The van der Waals surface area contributed by atoms with Crippen LogP contribution >= 0.6 is 22.9 Å². The Balaban J connectivity index is 1.96. The minimum atomic E-state index is 0.0227. The standard InChI is InChI=1S/C11H10ClNO2S/c12-8-2-1-3-9(4-8)15-7-11-13-5-10(6-14)16-11/h1-5,14H,6-7H2. The Morgan fingerprint density at radius 2 is 2.31 bits per heavy atom. The van der Waals surface area contributed by atoms with Crippen LogP contribution in [0.1, 0.15) is 9.88 Å². The Kier molecular flexibility index (Phi) is 3.77. The first-order valence-corrected chi connectivity index (χ1v) is 5.90. The summed E-state index contributed by atoms with van der Waals surface area (Å²) in [5, 5.41) is 10.4. The lowest BCUT2D eigenvalue weighted by molar-refractivity contribution is 0.285. The second-order valence-electron chi connectivity index (χ2n) is 3.12. The molecular weight excluding hydrogens is 246 g/mol. The number of aromatic nitrogens is 1. The summed E-state index contributed by atoms with van der Waals surface area (Å²) in [5.41, 5.74) is 0. The van der Waals surface area contributed by atoms with E-state index >= 15 is 0 Å². The molecule has 84 valence electrons. The normalized spacial score (nSPS) is 10.4. The van der Waals surface area contributed by atoms with Gasteiger partial charge in [-0.1, -0.05) is 17.7 Å². The largest absolute Gasteiger partial charge is 0.486 e. The molecule has 2 rings (SSSR count). The van der Waals surface area contributed by atoms with Crippen LogP contribution in [0.4, 0.5) is 0 Å². The van der Waals surface area contributed by atoms with E-state index in [0.717, 1.165) is 9.88 Å². The summed E-state index contributed by atoms with van der Waals surface area (Å²) in [6, 6.07) is 7.22. The fourth-order valence-electron chi connectivity index (χ4n) is 1.19. The van der Waals surface area contributed by atoms with E-state index in [9.17, 15) is 0 Å². The molecule has 1 aromatic carbocycles. The van der Waals surface area contributed by atoms with E-state index in [0.29, 0.717) is 17.4 Å². The molecule has 0 aliphatic rings. The number of nitrogens with zero attached hydrogens (tertiary/aromatic N) is 1. The van der Waals surface area contributed by atoms with Crippen molar-refractivity contribution in [1.82, 2.24) is 4.98 Å². The Bertz CT molecular complexity index is 473. The number of halogens is 1. The third kappa shape index (κ3) is 2.95. The van der Waals surface area contributed by atoms with Crippen LogP contribution in [0.15, 0.2) is 30.5 Å². The van der Waals surface area contributed by atoms with Gasteiger partial charge in [-0.15, -0.1) is 11.3 Å². The Hall–Kier alpha value is -1.10. The predicted molar refractivity (Wildman–Crippen MR) is 63.8 cm³/mol. The van der Waals surface area contributed by atoms with Crippen LogP contribution in [0.2, 0.25) is 5.02 Å². The van der Waals surface area contributed by atoms with E-state index in [1.807, 2.05) is 12.1 Å². The number of aliphatic hydroxyl groups excluding tert-OH is 1.